The molecule has 0 amide bonds. The van der Waals surface area contributed by atoms with Gasteiger partial charge in [0, 0.05) is 28.8 Å². The van der Waals surface area contributed by atoms with Gasteiger partial charge in [0.1, 0.15) is 13.2 Å². The Balaban J connectivity index is 1.49. The number of hydrogen-bond acceptors (Lipinski definition) is 4. The van der Waals surface area contributed by atoms with E-state index < -0.39 is 13.2 Å². The Labute approximate surface area is 200 Å². The van der Waals surface area contributed by atoms with Crippen LogP contribution in [0.15, 0.2) is 121 Å². The van der Waals surface area contributed by atoms with Gasteiger partial charge in [-0.3, -0.25) is 9.63 Å². The van der Waals surface area contributed by atoms with Gasteiger partial charge in [0.05, 0.1) is 11.8 Å². The number of ketones is 1. The van der Waals surface area contributed by atoms with Crippen LogP contribution in [0.1, 0.15) is 16.8 Å². The van der Waals surface area contributed by atoms with E-state index in [1.807, 2.05) is 121 Å². The number of Topliss-reactive ketones (excluding diaryl/α,β-unsaturated/α-hetero) is 1. The lowest BCUT2D eigenvalue weighted by molar-refractivity contribution is 0.0845. The molecule has 0 spiro atoms. The molecule has 2 atom stereocenters. The van der Waals surface area contributed by atoms with Gasteiger partial charge in [-0.15, -0.1) is 0 Å². The first-order valence-corrected chi connectivity index (χ1v) is 13.3. The highest BCUT2D eigenvalue weighted by Crippen LogP contribution is 2.46. The molecule has 1 fully saturated rings. The predicted molar refractivity (Wildman–Crippen MR) is 138 cm³/mol. The summed E-state index contributed by atoms with van der Waals surface area (Å²) in [4.78, 5) is 19.9. The van der Waals surface area contributed by atoms with Gasteiger partial charge >= 0.3 is 0 Å². The molecule has 0 aliphatic carbocycles. The van der Waals surface area contributed by atoms with E-state index in [9.17, 15) is 9.36 Å². The molecule has 0 radical (unpaired) electrons. The molecule has 1 aliphatic heterocycles. The van der Waals surface area contributed by atoms with E-state index in [0.29, 0.717) is 18.1 Å². The van der Waals surface area contributed by atoms with E-state index in [-0.39, 0.29) is 11.9 Å². The first kappa shape index (κ1) is 22.3. The van der Waals surface area contributed by atoms with Crippen molar-refractivity contribution in [2.24, 2.45) is 0 Å². The monoisotopic (exact) mass is 467 g/mol. The van der Waals surface area contributed by atoms with Gasteiger partial charge in [-0.05, 0) is 12.1 Å². The number of carbonyl (C=O) groups is 1. The number of hydrogen-bond donors (Lipinski definition) is 0. The lowest BCUT2D eigenvalue weighted by atomic mass is 10.00. The van der Waals surface area contributed by atoms with Crippen LogP contribution in [0.2, 0.25) is 0 Å². The maximum atomic E-state index is 14.6. The van der Waals surface area contributed by atoms with Crippen molar-refractivity contribution in [3.05, 3.63) is 127 Å². The lowest BCUT2D eigenvalue weighted by Crippen LogP contribution is -2.35. The minimum absolute atomic E-state index is 0.00112. The third-order valence-electron chi connectivity index (χ3n) is 6.21. The molecule has 34 heavy (non-hydrogen) atoms. The van der Waals surface area contributed by atoms with E-state index in [2.05, 4.69) is 0 Å². The number of nitrogens with zero attached hydrogens (tertiary/aromatic N) is 1. The summed E-state index contributed by atoms with van der Waals surface area (Å²) in [6, 6.07) is 37.7. The maximum absolute atomic E-state index is 14.6. The van der Waals surface area contributed by atoms with Crippen LogP contribution in [0.5, 0.6) is 0 Å². The molecule has 0 aromatic heterocycles. The second kappa shape index (κ2) is 9.80. The fourth-order valence-corrected chi connectivity index (χ4v) is 7.35. The molecule has 5 rings (SSSR count). The van der Waals surface area contributed by atoms with Crippen LogP contribution in [0.25, 0.3) is 0 Å². The molecule has 1 heterocycles. The Bertz CT molecular complexity index is 1240. The summed E-state index contributed by atoms with van der Waals surface area (Å²) in [7, 11) is -2.98. The molecule has 0 unspecified atom stereocenters. The fraction of sp³-hybridized carbons (Fsp3) is 0.138. The Hall–Kier alpha value is -3.46. The van der Waals surface area contributed by atoms with Crippen molar-refractivity contribution in [1.82, 2.24) is 0 Å². The van der Waals surface area contributed by atoms with Crippen molar-refractivity contribution >= 4 is 29.2 Å². The Kier molecular flexibility index (Phi) is 6.44. The molecular weight excluding hydrogens is 441 g/mol. The van der Waals surface area contributed by atoms with Crippen LogP contribution in [-0.2, 0) is 9.40 Å². The van der Waals surface area contributed by atoms with Crippen LogP contribution in [0, 0.1) is 0 Å². The minimum atomic E-state index is -2.98. The van der Waals surface area contributed by atoms with Crippen LogP contribution in [-0.4, -0.2) is 24.1 Å². The first-order chi connectivity index (χ1) is 16.6. The average Bonchev–Trinajstić information content (AvgIpc) is 3.33. The van der Waals surface area contributed by atoms with Crippen LogP contribution >= 0.6 is 7.14 Å². The summed E-state index contributed by atoms with van der Waals surface area (Å²) in [5.74, 6) is 0.00112. The topological polar surface area (TPSA) is 46.6 Å². The molecule has 0 saturated carbocycles. The van der Waals surface area contributed by atoms with E-state index in [1.54, 1.807) is 5.06 Å². The van der Waals surface area contributed by atoms with E-state index >= 15 is 0 Å². The molecule has 4 aromatic carbocycles. The molecule has 170 valence electrons. The molecule has 1 aliphatic rings. The Morgan fingerprint density at radius 2 is 1.21 bits per heavy atom. The third kappa shape index (κ3) is 4.48. The first-order valence-electron chi connectivity index (χ1n) is 11.5. The zero-order valence-electron chi connectivity index (χ0n) is 18.7. The SMILES string of the molecule is O=C(c1ccccc1)[C@@H]1C[C@H](CP(=O)(c2ccccc2)c2ccccc2)ON1c1ccccc1. The van der Waals surface area contributed by atoms with Gasteiger partial charge < -0.3 is 4.57 Å². The van der Waals surface area contributed by atoms with Crippen molar-refractivity contribution in [3.8, 4) is 0 Å². The summed E-state index contributed by atoms with van der Waals surface area (Å²) in [6.07, 6.45) is 0.416. The number of para-hydroxylation sites is 1. The zero-order valence-corrected chi connectivity index (χ0v) is 19.6. The standard InChI is InChI=1S/C29H26NO3P/c31-29(23-13-5-1-6-14-23)28-21-25(33-30(28)24-15-7-2-8-16-24)22-34(32,26-17-9-3-10-18-26)27-19-11-4-12-20-27/h1-20,25,28H,21-22H2/t25-,28+/m1/s1. The highest BCUT2D eigenvalue weighted by atomic mass is 31.2. The third-order valence-corrected chi connectivity index (χ3v) is 9.40. The van der Waals surface area contributed by atoms with Gasteiger partial charge in [-0.1, -0.05) is 109 Å². The van der Waals surface area contributed by atoms with Crippen molar-refractivity contribution in [3.63, 3.8) is 0 Å². The summed E-state index contributed by atoms with van der Waals surface area (Å²) in [6.45, 7) is 0. The predicted octanol–water partition coefficient (Wildman–Crippen LogP) is 5.46. The normalized spacial score (nSPS) is 18.1. The van der Waals surface area contributed by atoms with Crippen LogP contribution in [0.3, 0.4) is 0 Å². The van der Waals surface area contributed by atoms with E-state index in [4.69, 9.17) is 4.84 Å². The van der Waals surface area contributed by atoms with Gasteiger partial charge in [0.15, 0.2) is 5.78 Å². The quantitative estimate of drug-likeness (QED) is 0.267. The van der Waals surface area contributed by atoms with E-state index in [0.717, 1.165) is 16.3 Å². The van der Waals surface area contributed by atoms with Crippen LogP contribution in [0.4, 0.5) is 5.69 Å². The number of carbonyl (C=O) groups excluding carboxylic acids is 1. The van der Waals surface area contributed by atoms with Crippen molar-refractivity contribution in [2.45, 2.75) is 18.6 Å². The fourth-order valence-electron chi connectivity index (χ4n) is 4.54. The number of rotatable bonds is 7. The Morgan fingerprint density at radius 1 is 0.735 bits per heavy atom. The van der Waals surface area contributed by atoms with Crippen molar-refractivity contribution in [2.75, 3.05) is 11.2 Å². The van der Waals surface area contributed by atoms with Gasteiger partial charge in [0.25, 0.3) is 0 Å². The highest BCUT2D eigenvalue weighted by Gasteiger charge is 2.42. The van der Waals surface area contributed by atoms with Crippen molar-refractivity contribution < 1.29 is 14.2 Å². The van der Waals surface area contributed by atoms with Gasteiger partial charge in [-0.2, -0.15) is 0 Å². The smallest absolute Gasteiger partial charge is 0.187 e. The number of hydroxylamine groups is 1. The second-order valence-electron chi connectivity index (χ2n) is 8.46. The van der Waals surface area contributed by atoms with Gasteiger partial charge in [-0.25, -0.2) is 5.06 Å². The summed E-state index contributed by atoms with van der Waals surface area (Å²) < 4.78 is 14.6. The molecule has 4 nitrogen and oxygen atoms in total. The summed E-state index contributed by atoms with van der Waals surface area (Å²) >= 11 is 0. The maximum Gasteiger partial charge on any atom is 0.187 e. The lowest BCUT2D eigenvalue weighted by Gasteiger charge is -2.25. The molecular formula is C29H26NO3P. The minimum Gasteiger partial charge on any atom is -0.314 e. The average molecular weight is 468 g/mol. The molecule has 5 heteroatoms. The molecule has 1 saturated heterocycles. The van der Waals surface area contributed by atoms with Crippen LogP contribution < -0.4 is 15.7 Å². The van der Waals surface area contributed by atoms with Crippen molar-refractivity contribution in [1.29, 1.82) is 0 Å². The van der Waals surface area contributed by atoms with E-state index in [1.165, 1.54) is 0 Å². The summed E-state index contributed by atoms with van der Waals surface area (Å²) in [5, 5.41) is 3.31. The highest BCUT2D eigenvalue weighted by molar-refractivity contribution is 7.78. The number of benzene rings is 4. The number of anilines is 1. The second-order valence-corrected chi connectivity index (χ2v) is 11.3. The zero-order chi connectivity index (χ0) is 23.4. The molecule has 0 N–H and O–H groups in total. The largest absolute Gasteiger partial charge is 0.314 e. The Morgan fingerprint density at radius 3 is 1.74 bits per heavy atom. The van der Waals surface area contributed by atoms with Gasteiger partial charge in [0.2, 0.25) is 0 Å². The molecule has 0 bridgehead atoms. The summed E-state index contributed by atoms with van der Waals surface area (Å²) in [5.41, 5.74) is 1.46. The molecule has 4 aromatic rings.